The van der Waals surface area contributed by atoms with Gasteiger partial charge in [0.15, 0.2) is 0 Å². The lowest BCUT2D eigenvalue weighted by molar-refractivity contribution is -0.224. The summed E-state index contributed by atoms with van der Waals surface area (Å²) in [5, 5.41) is 0. The Labute approximate surface area is 107 Å². The maximum atomic E-state index is 2.62. The van der Waals surface area contributed by atoms with Crippen LogP contribution in [-0.4, -0.2) is 0 Å². The molecule has 0 heteroatoms. The van der Waals surface area contributed by atoms with E-state index in [0.29, 0.717) is 37.9 Å². The summed E-state index contributed by atoms with van der Waals surface area (Å²) in [6.45, 7) is 23.3. The molecule has 0 spiro atoms. The molecule has 5 saturated carbocycles. The van der Waals surface area contributed by atoms with Crippen LogP contribution in [0.4, 0.5) is 0 Å². The SMILES string of the molecule is CC1(C)C2(C)C3C4(C)C1(C)C(C)(C2(C)C)[C@@]34C. The minimum Gasteiger partial charge on any atom is -0.0588 e. The third kappa shape index (κ3) is 0.405. The van der Waals surface area contributed by atoms with E-state index >= 15 is 0 Å². The Balaban J connectivity index is 2.16. The van der Waals surface area contributed by atoms with Gasteiger partial charge in [-0.15, -0.1) is 0 Å². The summed E-state index contributed by atoms with van der Waals surface area (Å²) in [5.74, 6) is 0.961. The highest BCUT2D eigenvalue weighted by atomic mass is 15.2. The second-order valence-electron chi connectivity index (χ2n) is 9.54. The van der Waals surface area contributed by atoms with Gasteiger partial charge in [-0.3, -0.25) is 0 Å². The quantitative estimate of drug-likeness (QED) is 0.566. The molecule has 6 atom stereocenters. The molecule has 5 rings (SSSR count). The third-order valence-corrected chi connectivity index (χ3v) is 10.9. The Morgan fingerprint density at radius 3 is 0.941 bits per heavy atom. The highest BCUT2D eigenvalue weighted by Gasteiger charge is 3.13. The molecule has 0 aromatic heterocycles. The molecular formula is C17H28. The molecule has 0 nitrogen and oxygen atoms in total. The van der Waals surface area contributed by atoms with Crippen molar-refractivity contribution in [1.29, 1.82) is 0 Å². The molecule has 5 fully saturated rings. The van der Waals surface area contributed by atoms with Crippen LogP contribution in [0.25, 0.3) is 0 Å². The molecule has 0 radical (unpaired) electrons. The molecule has 0 aromatic carbocycles. The second kappa shape index (κ2) is 1.78. The first-order chi connectivity index (χ1) is 7.37. The largest absolute Gasteiger partial charge is 0.0588 e. The van der Waals surface area contributed by atoms with Crippen LogP contribution >= 0.6 is 0 Å². The first-order valence-corrected chi connectivity index (χ1v) is 7.37. The molecule has 96 valence electrons. The van der Waals surface area contributed by atoms with E-state index in [2.05, 4.69) is 62.3 Å². The molecule has 5 aliphatic carbocycles. The predicted octanol–water partition coefficient (Wildman–Crippen LogP) is 4.74. The zero-order valence-electron chi connectivity index (χ0n) is 13.1. The fourth-order valence-corrected chi connectivity index (χ4v) is 9.64. The molecule has 0 N–H and O–H groups in total. The Morgan fingerprint density at radius 1 is 0.471 bits per heavy atom. The van der Waals surface area contributed by atoms with Gasteiger partial charge in [0.25, 0.3) is 0 Å². The zero-order chi connectivity index (χ0) is 13.1. The van der Waals surface area contributed by atoms with E-state index in [1.54, 1.807) is 0 Å². The predicted molar refractivity (Wildman–Crippen MR) is 71.6 cm³/mol. The molecular weight excluding hydrogens is 204 g/mol. The van der Waals surface area contributed by atoms with Crippen molar-refractivity contribution < 1.29 is 0 Å². The van der Waals surface area contributed by atoms with E-state index in [-0.39, 0.29) is 0 Å². The zero-order valence-corrected chi connectivity index (χ0v) is 13.1. The van der Waals surface area contributed by atoms with Crippen molar-refractivity contribution in [3.63, 3.8) is 0 Å². The van der Waals surface area contributed by atoms with E-state index < -0.39 is 0 Å². The topological polar surface area (TPSA) is 0 Å². The summed E-state index contributed by atoms with van der Waals surface area (Å²) in [6, 6.07) is 0. The van der Waals surface area contributed by atoms with Gasteiger partial charge in [0.05, 0.1) is 0 Å². The van der Waals surface area contributed by atoms with Crippen molar-refractivity contribution >= 4 is 0 Å². The first kappa shape index (κ1) is 10.9. The Hall–Kier alpha value is 0. The van der Waals surface area contributed by atoms with Crippen molar-refractivity contribution in [2.75, 3.05) is 0 Å². The fraction of sp³-hybridized carbons (Fsp3) is 1.00. The van der Waals surface area contributed by atoms with Gasteiger partial charge < -0.3 is 0 Å². The third-order valence-electron chi connectivity index (χ3n) is 10.9. The van der Waals surface area contributed by atoms with Crippen molar-refractivity contribution in [2.45, 2.75) is 62.3 Å². The molecule has 0 aromatic rings. The van der Waals surface area contributed by atoms with Crippen LogP contribution in [0.1, 0.15) is 62.3 Å². The Morgan fingerprint density at radius 2 is 0.765 bits per heavy atom. The highest BCUT2D eigenvalue weighted by Crippen LogP contribution is 3.16. The van der Waals surface area contributed by atoms with Gasteiger partial charge in [-0.2, -0.15) is 0 Å². The normalized spacial score (nSPS) is 75.7. The smallest absolute Gasteiger partial charge is 0.0142 e. The number of hydrogen-bond donors (Lipinski definition) is 0. The molecule has 5 aliphatic rings. The molecule has 0 heterocycles. The molecule has 0 aliphatic heterocycles. The summed E-state index contributed by atoms with van der Waals surface area (Å²) in [6.07, 6.45) is 0. The van der Waals surface area contributed by atoms with Crippen LogP contribution in [0, 0.1) is 43.8 Å². The fourth-order valence-electron chi connectivity index (χ4n) is 9.64. The lowest BCUT2D eigenvalue weighted by atomic mass is 9.34. The van der Waals surface area contributed by atoms with Crippen LogP contribution in [0.5, 0.6) is 0 Å². The minimum atomic E-state index is 0.482. The molecule has 5 unspecified atom stereocenters. The summed E-state index contributed by atoms with van der Waals surface area (Å²) in [5.41, 5.74) is 3.80. The van der Waals surface area contributed by atoms with Crippen molar-refractivity contribution in [3.8, 4) is 0 Å². The van der Waals surface area contributed by atoms with E-state index in [0.717, 1.165) is 5.92 Å². The van der Waals surface area contributed by atoms with Crippen LogP contribution in [0.3, 0.4) is 0 Å². The van der Waals surface area contributed by atoms with Crippen molar-refractivity contribution in [2.24, 2.45) is 43.8 Å². The number of rotatable bonds is 0. The lowest BCUT2D eigenvalue weighted by Crippen LogP contribution is -2.65. The molecule has 17 heavy (non-hydrogen) atoms. The van der Waals surface area contributed by atoms with Gasteiger partial charge in [-0.25, -0.2) is 0 Å². The average molecular weight is 232 g/mol. The van der Waals surface area contributed by atoms with Gasteiger partial charge in [-0.1, -0.05) is 62.3 Å². The second-order valence-corrected chi connectivity index (χ2v) is 9.54. The summed E-state index contributed by atoms with van der Waals surface area (Å²) in [7, 11) is 0. The van der Waals surface area contributed by atoms with Crippen molar-refractivity contribution in [3.05, 3.63) is 0 Å². The van der Waals surface area contributed by atoms with Crippen LogP contribution in [-0.2, 0) is 0 Å². The standard InChI is InChI=1S/C17H28/c1-11(2)13(5)10-14(6)15(10,7)17(9,12(13,3)4)16(11,14)8/h10H,1-9H3/t10?,13?,14-,15?,16?,17?/m0/s1. The van der Waals surface area contributed by atoms with Gasteiger partial charge in [0.2, 0.25) is 0 Å². The molecule has 0 amide bonds. The maximum Gasteiger partial charge on any atom is -0.0142 e. The first-order valence-electron chi connectivity index (χ1n) is 7.37. The monoisotopic (exact) mass is 232 g/mol. The van der Waals surface area contributed by atoms with E-state index in [4.69, 9.17) is 0 Å². The highest BCUT2D eigenvalue weighted by molar-refractivity contribution is 5.59. The molecule has 3 bridgehead atoms. The number of hydrogen-bond acceptors (Lipinski definition) is 0. The lowest BCUT2D eigenvalue weighted by Gasteiger charge is -2.69. The van der Waals surface area contributed by atoms with Gasteiger partial charge in [0, 0.05) is 0 Å². The summed E-state index contributed by atoms with van der Waals surface area (Å²) >= 11 is 0. The Kier molecular flexibility index (Phi) is 1.14. The van der Waals surface area contributed by atoms with Gasteiger partial charge in [0.1, 0.15) is 0 Å². The van der Waals surface area contributed by atoms with Gasteiger partial charge >= 0.3 is 0 Å². The Bertz CT molecular complexity index is 432. The van der Waals surface area contributed by atoms with E-state index in [1.165, 1.54) is 0 Å². The van der Waals surface area contributed by atoms with Crippen LogP contribution in [0.15, 0.2) is 0 Å². The molecule has 0 saturated heterocycles. The average Bonchev–Trinajstić information content (AvgIpc) is 2.59. The summed E-state index contributed by atoms with van der Waals surface area (Å²) < 4.78 is 0. The maximum absolute atomic E-state index is 2.62. The summed E-state index contributed by atoms with van der Waals surface area (Å²) in [4.78, 5) is 0. The van der Waals surface area contributed by atoms with E-state index in [1.807, 2.05) is 0 Å². The van der Waals surface area contributed by atoms with Crippen LogP contribution < -0.4 is 0 Å². The van der Waals surface area contributed by atoms with Crippen molar-refractivity contribution in [1.82, 2.24) is 0 Å². The minimum absolute atomic E-state index is 0.482. The van der Waals surface area contributed by atoms with Gasteiger partial charge in [-0.05, 0) is 43.8 Å². The van der Waals surface area contributed by atoms with E-state index in [9.17, 15) is 0 Å². The van der Waals surface area contributed by atoms with Crippen LogP contribution in [0.2, 0.25) is 0 Å².